The smallest absolute Gasteiger partial charge is 0.146 e. The van der Waals surface area contributed by atoms with Gasteiger partial charge in [-0.3, -0.25) is 4.57 Å². The first-order valence-electron chi connectivity index (χ1n) is 7.02. The number of imidazole rings is 1. The van der Waals surface area contributed by atoms with Gasteiger partial charge in [-0.25, -0.2) is 4.98 Å². The number of aromatic nitrogens is 2. The van der Waals surface area contributed by atoms with Gasteiger partial charge in [-0.15, -0.1) is 0 Å². The van der Waals surface area contributed by atoms with E-state index >= 15 is 0 Å². The molecule has 6 heteroatoms. The second kappa shape index (κ2) is 6.64. The van der Waals surface area contributed by atoms with Gasteiger partial charge in [0.2, 0.25) is 0 Å². The second-order valence-electron chi connectivity index (χ2n) is 5.10. The van der Waals surface area contributed by atoms with E-state index in [4.69, 9.17) is 11.6 Å². The molecule has 0 aliphatic rings. The van der Waals surface area contributed by atoms with Crippen molar-refractivity contribution >= 4 is 27.5 Å². The quantitative estimate of drug-likeness (QED) is 0.530. The predicted molar refractivity (Wildman–Crippen MR) is 95.9 cm³/mol. The lowest BCUT2D eigenvalue weighted by molar-refractivity contribution is 0.783. The largest absolute Gasteiger partial charge is 0.299 e. The van der Waals surface area contributed by atoms with Crippen LogP contribution in [0.4, 0.5) is 0 Å². The van der Waals surface area contributed by atoms with Crippen molar-refractivity contribution in [2.75, 3.05) is 0 Å². The first-order chi connectivity index (χ1) is 11.1. The third-order valence-corrected chi connectivity index (χ3v) is 4.39. The molecule has 0 saturated carbocycles. The van der Waals surface area contributed by atoms with Crippen LogP contribution in [0.5, 0.6) is 0 Å². The summed E-state index contributed by atoms with van der Waals surface area (Å²) in [5.74, 6) is 0.684. The Kier molecular flexibility index (Phi) is 4.59. The van der Waals surface area contributed by atoms with Crippen LogP contribution in [-0.4, -0.2) is 9.55 Å². The molecule has 1 atom stereocenters. The lowest BCUT2D eigenvalue weighted by atomic mass is 10.2. The first-order valence-corrected chi connectivity index (χ1v) is 8.20. The number of nitroso groups, excluding NO2 is 1. The number of hydrogen-bond acceptors (Lipinski definition) is 3. The Morgan fingerprint density at radius 2 is 1.87 bits per heavy atom. The van der Waals surface area contributed by atoms with Crippen LogP contribution >= 0.6 is 27.5 Å². The SMILES string of the molecule is CC(N=O)c1cn(-c2ccc(Br)cc2)c(-c2ccccc2Cl)n1. The van der Waals surface area contributed by atoms with Gasteiger partial charge < -0.3 is 0 Å². The van der Waals surface area contributed by atoms with Crippen molar-refractivity contribution in [2.45, 2.75) is 13.0 Å². The van der Waals surface area contributed by atoms with Crippen LogP contribution in [-0.2, 0) is 0 Å². The summed E-state index contributed by atoms with van der Waals surface area (Å²) in [5.41, 5.74) is 2.35. The summed E-state index contributed by atoms with van der Waals surface area (Å²) >= 11 is 9.75. The highest BCUT2D eigenvalue weighted by Crippen LogP contribution is 2.31. The van der Waals surface area contributed by atoms with Crippen molar-refractivity contribution < 1.29 is 0 Å². The minimum Gasteiger partial charge on any atom is -0.299 e. The summed E-state index contributed by atoms with van der Waals surface area (Å²) in [4.78, 5) is 15.5. The van der Waals surface area contributed by atoms with Crippen molar-refractivity contribution in [3.8, 4) is 17.1 Å². The van der Waals surface area contributed by atoms with E-state index in [1.165, 1.54) is 0 Å². The predicted octanol–water partition coefficient (Wildman–Crippen LogP) is 5.78. The number of halogens is 2. The Morgan fingerprint density at radius 1 is 1.17 bits per heavy atom. The molecule has 0 aliphatic heterocycles. The van der Waals surface area contributed by atoms with Gasteiger partial charge >= 0.3 is 0 Å². The normalized spacial score (nSPS) is 12.1. The molecule has 116 valence electrons. The van der Waals surface area contributed by atoms with Crippen LogP contribution in [0.2, 0.25) is 5.02 Å². The molecule has 0 bridgehead atoms. The number of benzene rings is 2. The fraction of sp³-hybridized carbons (Fsp3) is 0.118. The van der Waals surface area contributed by atoms with Crippen molar-refractivity contribution in [2.24, 2.45) is 5.18 Å². The highest BCUT2D eigenvalue weighted by Gasteiger charge is 2.17. The highest BCUT2D eigenvalue weighted by atomic mass is 79.9. The molecule has 1 aromatic heterocycles. The maximum atomic E-state index is 10.9. The van der Waals surface area contributed by atoms with E-state index in [9.17, 15) is 4.91 Å². The molecule has 0 aliphatic carbocycles. The van der Waals surface area contributed by atoms with Crippen LogP contribution in [0.3, 0.4) is 0 Å². The molecular formula is C17H13BrClN3O. The molecule has 1 unspecified atom stereocenters. The van der Waals surface area contributed by atoms with Gasteiger partial charge in [0.15, 0.2) is 0 Å². The van der Waals surface area contributed by atoms with Crippen molar-refractivity contribution in [3.63, 3.8) is 0 Å². The van der Waals surface area contributed by atoms with Gasteiger partial charge in [-0.2, -0.15) is 4.91 Å². The van der Waals surface area contributed by atoms with Crippen LogP contribution < -0.4 is 0 Å². The summed E-state index contributed by atoms with van der Waals surface area (Å²) < 4.78 is 2.91. The molecule has 4 nitrogen and oxygen atoms in total. The summed E-state index contributed by atoms with van der Waals surface area (Å²) in [6, 6.07) is 14.8. The molecular weight excluding hydrogens is 378 g/mol. The summed E-state index contributed by atoms with van der Waals surface area (Å²) in [6.07, 6.45) is 1.83. The third kappa shape index (κ3) is 3.21. The van der Waals surface area contributed by atoms with Gasteiger partial charge in [-0.05, 0) is 43.3 Å². The Morgan fingerprint density at radius 3 is 2.52 bits per heavy atom. The van der Waals surface area contributed by atoms with Crippen molar-refractivity contribution in [1.29, 1.82) is 0 Å². The van der Waals surface area contributed by atoms with E-state index in [0.29, 0.717) is 16.5 Å². The number of rotatable bonds is 4. The van der Waals surface area contributed by atoms with Crippen LogP contribution in [0, 0.1) is 4.91 Å². The Balaban J connectivity index is 2.21. The molecule has 0 amide bonds. The highest BCUT2D eigenvalue weighted by molar-refractivity contribution is 9.10. The van der Waals surface area contributed by atoms with Gasteiger partial charge in [0.05, 0.1) is 10.7 Å². The van der Waals surface area contributed by atoms with E-state index in [1.54, 1.807) is 6.92 Å². The Hall–Kier alpha value is -1.98. The van der Waals surface area contributed by atoms with Gasteiger partial charge in [0, 0.05) is 21.9 Å². The molecule has 1 heterocycles. The van der Waals surface area contributed by atoms with E-state index in [-0.39, 0.29) is 0 Å². The molecule has 0 fully saturated rings. The van der Waals surface area contributed by atoms with Gasteiger partial charge in [0.1, 0.15) is 11.9 Å². The van der Waals surface area contributed by atoms with Crippen LogP contribution in [0.1, 0.15) is 18.7 Å². The zero-order valence-corrected chi connectivity index (χ0v) is 14.6. The lowest BCUT2D eigenvalue weighted by Gasteiger charge is -2.09. The molecule has 0 saturated heterocycles. The maximum absolute atomic E-state index is 10.9. The second-order valence-corrected chi connectivity index (χ2v) is 6.42. The zero-order chi connectivity index (χ0) is 16.4. The molecule has 2 aromatic carbocycles. The maximum Gasteiger partial charge on any atom is 0.146 e. The molecule has 0 spiro atoms. The first kappa shape index (κ1) is 15.9. The average Bonchev–Trinajstić information content (AvgIpc) is 3.00. The van der Waals surface area contributed by atoms with Crippen LogP contribution in [0.15, 0.2) is 64.4 Å². The monoisotopic (exact) mass is 389 g/mol. The summed E-state index contributed by atoms with van der Waals surface area (Å²) in [6.45, 7) is 1.72. The molecule has 23 heavy (non-hydrogen) atoms. The lowest BCUT2D eigenvalue weighted by Crippen LogP contribution is -1.96. The van der Waals surface area contributed by atoms with Crippen molar-refractivity contribution in [1.82, 2.24) is 9.55 Å². The van der Waals surface area contributed by atoms with E-state index in [1.807, 2.05) is 59.3 Å². The fourth-order valence-corrected chi connectivity index (χ4v) is 2.77. The topological polar surface area (TPSA) is 47.2 Å². The third-order valence-electron chi connectivity index (χ3n) is 3.53. The molecule has 3 aromatic rings. The number of nitrogens with zero attached hydrogens (tertiary/aromatic N) is 3. The molecule has 0 N–H and O–H groups in total. The van der Waals surface area contributed by atoms with Gasteiger partial charge in [-0.1, -0.05) is 44.8 Å². The average molecular weight is 391 g/mol. The van der Waals surface area contributed by atoms with Gasteiger partial charge in [0.25, 0.3) is 0 Å². The number of hydrogen-bond donors (Lipinski definition) is 0. The minimum atomic E-state index is -0.520. The molecule has 0 radical (unpaired) electrons. The zero-order valence-electron chi connectivity index (χ0n) is 12.3. The summed E-state index contributed by atoms with van der Waals surface area (Å²) in [5, 5.41) is 3.68. The molecule has 3 rings (SSSR count). The van der Waals surface area contributed by atoms with Crippen molar-refractivity contribution in [3.05, 3.63) is 74.8 Å². The summed E-state index contributed by atoms with van der Waals surface area (Å²) in [7, 11) is 0. The Labute approximate surface area is 147 Å². The minimum absolute atomic E-state index is 0.520. The van der Waals surface area contributed by atoms with E-state index in [0.717, 1.165) is 15.7 Å². The van der Waals surface area contributed by atoms with Crippen LogP contribution in [0.25, 0.3) is 17.1 Å². The Bertz CT molecular complexity index is 845. The van der Waals surface area contributed by atoms with E-state index in [2.05, 4.69) is 26.1 Å². The fourth-order valence-electron chi connectivity index (χ4n) is 2.28. The van der Waals surface area contributed by atoms with E-state index < -0.39 is 6.04 Å². The standard InChI is InChI=1S/C17H13BrClN3O/c1-11(21-23)16-10-22(13-8-6-12(18)7-9-13)17(20-16)14-4-2-3-5-15(14)19/h2-11H,1H3.